The lowest BCUT2D eigenvalue weighted by Gasteiger charge is -2.12. The lowest BCUT2D eigenvalue weighted by atomic mass is 10.1. The zero-order valence-electron chi connectivity index (χ0n) is 11.9. The third-order valence-corrected chi connectivity index (χ3v) is 3.65. The number of rotatable bonds is 6. The largest absolute Gasteiger partial charge is 0.489 e. The highest BCUT2D eigenvalue weighted by molar-refractivity contribution is 5.38. The van der Waals surface area contributed by atoms with Gasteiger partial charge in [-0.1, -0.05) is 36.4 Å². The van der Waals surface area contributed by atoms with Crippen LogP contribution in [0.5, 0.6) is 5.75 Å². The molecule has 1 aliphatic rings. The van der Waals surface area contributed by atoms with E-state index >= 15 is 0 Å². The van der Waals surface area contributed by atoms with E-state index in [1.54, 1.807) is 0 Å². The van der Waals surface area contributed by atoms with Crippen molar-refractivity contribution in [3.63, 3.8) is 0 Å². The second kappa shape index (κ2) is 6.43. The molecule has 1 aliphatic carbocycles. The van der Waals surface area contributed by atoms with Gasteiger partial charge in [0.1, 0.15) is 12.4 Å². The fraction of sp³-hybridized carbons (Fsp3) is 0.278. The summed E-state index contributed by atoms with van der Waals surface area (Å²) in [7, 11) is 0. The summed E-state index contributed by atoms with van der Waals surface area (Å²) in [6.07, 6.45) is 2.55. The average molecular weight is 278 g/mol. The molecule has 0 bridgehead atoms. The van der Waals surface area contributed by atoms with Crippen molar-refractivity contribution in [2.45, 2.75) is 32.0 Å². The van der Waals surface area contributed by atoms with Crippen LogP contribution in [0.4, 0.5) is 0 Å². The van der Waals surface area contributed by atoms with Crippen LogP contribution < -0.4 is 10.1 Å². The summed E-state index contributed by atoms with van der Waals surface area (Å²) in [6, 6.07) is 18.5. The van der Waals surface area contributed by atoms with Crippen molar-refractivity contribution >= 4 is 0 Å². The second-order valence-corrected chi connectivity index (χ2v) is 5.32. The van der Waals surface area contributed by atoms with E-state index in [0.717, 1.165) is 17.9 Å². The topological polar surface area (TPSA) is 45.0 Å². The lowest BCUT2D eigenvalue weighted by Crippen LogP contribution is -2.16. The molecule has 2 aromatic rings. The quantitative estimate of drug-likeness (QED) is 0.881. The number of nitriles is 1. The molecule has 0 aromatic heterocycles. The van der Waals surface area contributed by atoms with E-state index in [1.165, 1.54) is 18.4 Å². The number of para-hydroxylation sites is 1. The van der Waals surface area contributed by atoms with Gasteiger partial charge in [-0.2, -0.15) is 5.26 Å². The first-order valence-electron chi connectivity index (χ1n) is 7.29. The molecule has 3 heteroatoms. The molecule has 3 rings (SSSR count). The van der Waals surface area contributed by atoms with E-state index in [2.05, 4.69) is 17.5 Å². The molecule has 0 saturated heterocycles. The SMILES string of the molecule is N#Cc1ccccc1COc1ccccc1CNC1CC1. The molecule has 106 valence electrons. The number of hydrogen-bond acceptors (Lipinski definition) is 3. The summed E-state index contributed by atoms with van der Waals surface area (Å²) in [5.41, 5.74) is 2.76. The van der Waals surface area contributed by atoms with Gasteiger partial charge in [0.05, 0.1) is 11.6 Å². The van der Waals surface area contributed by atoms with Gasteiger partial charge in [-0.25, -0.2) is 0 Å². The molecule has 0 aliphatic heterocycles. The summed E-state index contributed by atoms with van der Waals surface area (Å²) in [5, 5.41) is 12.6. The molecule has 0 spiro atoms. The molecule has 3 nitrogen and oxygen atoms in total. The van der Waals surface area contributed by atoms with E-state index in [0.29, 0.717) is 18.2 Å². The molecular formula is C18H18N2O. The van der Waals surface area contributed by atoms with Crippen molar-refractivity contribution in [1.82, 2.24) is 5.32 Å². The fourth-order valence-electron chi connectivity index (χ4n) is 2.24. The third kappa shape index (κ3) is 3.62. The van der Waals surface area contributed by atoms with Gasteiger partial charge in [0, 0.05) is 23.7 Å². The van der Waals surface area contributed by atoms with Gasteiger partial charge in [0.2, 0.25) is 0 Å². The van der Waals surface area contributed by atoms with E-state index in [-0.39, 0.29) is 0 Å². The summed E-state index contributed by atoms with van der Waals surface area (Å²) >= 11 is 0. The highest BCUT2D eigenvalue weighted by atomic mass is 16.5. The Morgan fingerprint density at radius 2 is 1.76 bits per heavy atom. The minimum absolute atomic E-state index is 0.421. The number of nitrogens with zero attached hydrogens (tertiary/aromatic N) is 1. The summed E-state index contributed by atoms with van der Waals surface area (Å²) in [6.45, 7) is 1.25. The Bertz CT molecular complexity index is 656. The predicted octanol–water partition coefficient (Wildman–Crippen LogP) is 3.39. The molecule has 1 N–H and O–H groups in total. The van der Waals surface area contributed by atoms with E-state index < -0.39 is 0 Å². The zero-order chi connectivity index (χ0) is 14.5. The summed E-state index contributed by atoms with van der Waals surface area (Å²) in [4.78, 5) is 0. The van der Waals surface area contributed by atoms with Gasteiger partial charge < -0.3 is 10.1 Å². The number of nitrogens with one attached hydrogen (secondary N) is 1. The summed E-state index contributed by atoms with van der Waals surface area (Å²) < 4.78 is 5.93. The van der Waals surface area contributed by atoms with Gasteiger partial charge in [0.25, 0.3) is 0 Å². The highest BCUT2D eigenvalue weighted by Crippen LogP contribution is 2.23. The van der Waals surface area contributed by atoms with Crippen molar-refractivity contribution in [1.29, 1.82) is 5.26 Å². The molecule has 0 amide bonds. The van der Waals surface area contributed by atoms with Gasteiger partial charge in [-0.3, -0.25) is 0 Å². The fourth-order valence-corrected chi connectivity index (χ4v) is 2.24. The van der Waals surface area contributed by atoms with E-state index in [9.17, 15) is 0 Å². The normalized spacial score (nSPS) is 13.7. The maximum absolute atomic E-state index is 9.11. The van der Waals surface area contributed by atoms with Crippen molar-refractivity contribution in [3.8, 4) is 11.8 Å². The van der Waals surface area contributed by atoms with Crippen LogP contribution in [0.2, 0.25) is 0 Å². The van der Waals surface area contributed by atoms with Crippen molar-refractivity contribution in [2.24, 2.45) is 0 Å². The van der Waals surface area contributed by atoms with Crippen LogP contribution in [0.15, 0.2) is 48.5 Å². The zero-order valence-corrected chi connectivity index (χ0v) is 11.9. The molecule has 1 fully saturated rings. The van der Waals surface area contributed by atoms with Crippen LogP contribution in [0.25, 0.3) is 0 Å². The predicted molar refractivity (Wildman–Crippen MR) is 81.8 cm³/mol. The molecule has 0 unspecified atom stereocenters. The Kier molecular flexibility index (Phi) is 4.18. The Morgan fingerprint density at radius 1 is 1.05 bits per heavy atom. The van der Waals surface area contributed by atoms with Gasteiger partial charge in [-0.05, 0) is 25.0 Å². The number of ether oxygens (including phenoxy) is 1. The minimum atomic E-state index is 0.421. The standard InChI is InChI=1S/C18H18N2O/c19-11-14-5-1-2-7-16(14)13-21-18-8-4-3-6-15(18)12-20-17-9-10-17/h1-8,17,20H,9-10,12-13H2. The first-order valence-corrected chi connectivity index (χ1v) is 7.29. The van der Waals surface area contributed by atoms with Crippen LogP contribution in [-0.4, -0.2) is 6.04 Å². The lowest BCUT2D eigenvalue weighted by molar-refractivity contribution is 0.302. The van der Waals surface area contributed by atoms with Crippen LogP contribution in [0.1, 0.15) is 29.5 Å². The third-order valence-electron chi connectivity index (χ3n) is 3.65. The van der Waals surface area contributed by atoms with Crippen molar-refractivity contribution in [2.75, 3.05) is 0 Å². The van der Waals surface area contributed by atoms with Crippen molar-refractivity contribution in [3.05, 3.63) is 65.2 Å². The highest BCUT2D eigenvalue weighted by Gasteiger charge is 2.20. The Balaban J connectivity index is 1.68. The van der Waals surface area contributed by atoms with Crippen molar-refractivity contribution < 1.29 is 4.74 Å². The smallest absolute Gasteiger partial charge is 0.124 e. The summed E-state index contributed by atoms with van der Waals surface area (Å²) in [5.74, 6) is 0.887. The van der Waals surface area contributed by atoms with Crippen LogP contribution in [-0.2, 0) is 13.2 Å². The number of benzene rings is 2. The minimum Gasteiger partial charge on any atom is -0.489 e. The molecular weight excluding hydrogens is 260 g/mol. The molecule has 2 aromatic carbocycles. The van der Waals surface area contributed by atoms with Crippen LogP contribution >= 0.6 is 0 Å². The molecule has 21 heavy (non-hydrogen) atoms. The van der Waals surface area contributed by atoms with Gasteiger partial charge in [-0.15, -0.1) is 0 Å². The second-order valence-electron chi connectivity index (χ2n) is 5.32. The number of hydrogen-bond donors (Lipinski definition) is 1. The van der Waals surface area contributed by atoms with Crippen LogP contribution in [0.3, 0.4) is 0 Å². The molecule has 0 heterocycles. The molecule has 1 saturated carbocycles. The van der Waals surface area contributed by atoms with Gasteiger partial charge in [0.15, 0.2) is 0 Å². The van der Waals surface area contributed by atoms with E-state index in [1.807, 2.05) is 42.5 Å². The first-order chi connectivity index (χ1) is 10.4. The Morgan fingerprint density at radius 3 is 2.52 bits per heavy atom. The molecule has 0 atom stereocenters. The molecule has 0 radical (unpaired) electrons. The maximum atomic E-state index is 9.11. The van der Waals surface area contributed by atoms with Crippen LogP contribution in [0, 0.1) is 11.3 Å². The monoisotopic (exact) mass is 278 g/mol. The Labute approximate surface area is 125 Å². The first kappa shape index (κ1) is 13.7. The van der Waals surface area contributed by atoms with Gasteiger partial charge >= 0.3 is 0 Å². The maximum Gasteiger partial charge on any atom is 0.124 e. The average Bonchev–Trinajstić information content (AvgIpc) is 3.36. The van der Waals surface area contributed by atoms with E-state index in [4.69, 9.17) is 10.00 Å². The Hall–Kier alpha value is -2.31.